The Bertz CT molecular complexity index is 285. The largest absolute Gasteiger partial charge is 0.480 e. The van der Waals surface area contributed by atoms with E-state index < -0.39 is 18.0 Å². The maximum atomic E-state index is 11.5. The van der Waals surface area contributed by atoms with Crippen molar-refractivity contribution < 1.29 is 19.8 Å². The van der Waals surface area contributed by atoms with Gasteiger partial charge in [-0.3, -0.25) is 0 Å². The van der Waals surface area contributed by atoms with Gasteiger partial charge in [0.15, 0.2) is 0 Å². The summed E-state index contributed by atoms with van der Waals surface area (Å²) in [5, 5.41) is 22.5. The summed E-state index contributed by atoms with van der Waals surface area (Å²) in [6.45, 7) is 1.42. The smallest absolute Gasteiger partial charge is 0.326 e. The number of aliphatic hydroxyl groups excluding tert-OH is 1. The Hall–Kier alpha value is -1.34. The van der Waals surface area contributed by atoms with Gasteiger partial charge < -0.3 is 25.7 Å². The number of carboxylic acids is 1. The molecule has 1 aliphatic heterocycles. The van der Waals surface area contributed by atoms with Crippen molar-refractivity contribution in [2.75, 3.05) is 26.7 Å². The van der Waals surface area contributed by atoms with Crippen molar-refractivity contribution in [1.82, 2.24) is 15.5 Å². The van der Waals surface area contributed by atoms with E-state index in [0.29, 0.717) is 0 Å². The molecule has 2 amide bonds. The first kappa shape index (κ1) is 13.7. The lowest BCUT2D eigenvalue weighted by atomic mass is 10.2. The SMILES string of the molecule is CN1CCC(NC(=O)N[C@@H](CCO)C(=O)O)C1. The number of carboxylic acid groups (broad SMARTS) is 1. The van der Waals surface area contributed by atoms with E-state index in [4.69, 9.17) is 10.2 Å². The molecular formula is C10H19N3O4. The predicted molar refractivity (Wildman–Crippen MR) is 60.7 cm³/mol. The summed E-state index contributed by atoms with van der Waals surface area (Å²) in [6, 6.07) is -1.48. The van der Waals surface area contributed by atoms with Crippen molar-refractivity contribution in [3.8, 4) is 0 Å². The highest BCUT2D eigenvalue weighted by Gasteiger charge is 2.24. The van der Waals surface area contributed by atoms with Crippen molar-refractivity contribution in [2.24, 2.45) is 0 Å². The molecular weight excluding hydrogens is 226 g/mol. The highest BCUT2D eigenvalue weighted by atomic mass is 16.4. The Balaban J connectivity index is 2.34. The van der Waals surface area contributed by atoms with Crippen LogP contribution in [-0.4, -0.2) is 65.9 Å². The van der Waals surface area contributed by atoms with Crippen molar-refractivity contribution >= 4 is 12.0 Å². The number of carbonyl (C=O) groups is 2. The molecule has 2 atom stereocenters. The molecule has 1 saturated heterocycles. The number of likely N-dealkylation sites (N-methyl/N-ethyl adjacent to an activating group) is 1. The lowest BCUT2D eigenvalue weighted by molar-refractivity contribution is -0.139. The standard InChI is InChI=1S/C10H19N3O4/c1-13-4-2-7(6-13)11-10(17)12-8(3-5-14)9(15)16/h7-8,14H,2-6H2,1H3,(H,15,16)(H2,11,12,17)/t7?,8-/m0/s1. The van der Waals surface area contributed by atoms with E-state index in [1.165, 1.54) is 0 Å². The van der Waals surface area contributed by atoms with E-state index in [-0.39, 0.29) is 19.1 Å². The third-order valence-electron chi connectivity index (χ3n) is 2.75. The van der Waals surface area contributed by atoms with E-state index in [2.05, 4.69) is 15.5 Å². The summed E-state index contributed by atoms with van der Waals surface area (Å²) in [4.78, 5) is 24.4. The minimum atomic E-state index is -1.14. The van der Waals surface area contributed by atoms with Crippen molar-refractivity contribution in [3.05, 3.63) is 0 Å². The molecule has 1 heterocycles. The van der Waals surface area contributed by atoms with E-state index in [1.807, 2.05) is 7.05 Å². The third kappa shape index (κ3) is 4.58. The van der Waals surface area contributed by atoms with Crippen LogP contribution < -0.4 is 10.6 Å². The van der Waals surface area contributed by atoms with Gasteiger partial charge in [0.25, 0.3) is 0 Å². The molecule has 0 radical (unpaired) electrons. The normalized spacial score (nSPS) is 22.1. The number of urea groups is 1. The summed E-state index contributed by atoms with van der Waals surface area (Å²) in [7, 11) is 1.96. The van der Waals surface area contributed by atoms with Gasteiger partial charge in [-0.25, -0.2) is 9.59 Å². The van der Waals surface area contributed by atoms with Crippen LogP contribution in [-0.2, 0) is 4.79 Å². The third-order valence-corrected chi connectivity index (χ3v) is 2.75. The minimum Gasteiger partial charge on any atom is -0.480 e. The van der Waals surface area contributed by atoms with Gasteiger partial charge in [0.05, 0.1) is 0 Å². The van der Waals surface area contributed by atoms with Gasteiger partial charge in [-0.15, -0.1) is 0 Å². The number of aliphatic hydroxyl groups is 1. The van der Waals surface area contributed by atoms with Gasteiger partial charge in [-0.1, -0.05) is 0 Å². The van der Waals surface area contributed by atoms with Gasteiger partial charge in [0.2, 0.25) is 0 Å². The summed E-state index contributed by atoms with van der Waals surface area (Å²) in [5.41, 5.74) is 0. The van der Waals surface area contributed by atoms with Gasteiger partial charge in [0, 0.05) is 25.6 Å². The maximum absolute atomic E-state index is 11.5. The van der Waals surface area contributed by atoms with Crippen LogP contribution in [0.3, 0.4) is 0 Å². The maximum Gasteiger partial charge on any atom is 0.326 e. The summed E-state index contributed by atoms with van der Waals surface area (Å²) >= 11 is 0. The van der Waals surface area contributed by atoms with Crippen LogP contribution in [0.5, 0.6) is 0 Å². The first-order valence-corrected chi connectivity index (χ1v) is 5.62. The first-order chi connectivity index (χ1) is 8.02. The number of likely N-dealkylation sites (tertiary alicyclic amines) is 1. The molecule has 0 aromatic rings. The van der Waals surface area contributed by atoms with Crippen molar-refractivity contribution in [1.29, 1.82) is 0 Å². The van der Waals surface area contributed by atoms with Crippen LogP contribution in [0.15, 0.2) is 0 Å². The van der Waals surface area contributed by atoms with E-state index >= 15 is 0 Å². The lowest BCUT2D eigenvalue weighted by Crippen LogP contribution is -2.49. The molecule has 1 fully saturated rings. The molecule has 0 aromatic heterocycles. The fourth-order valence-corrected chi connectivity index (χ4v) is 1.82. The first-order valence-electron chi connectivity index (χ1n) is 5.62. The van der Waals surface area contributed by atoms with Gasteiger partial charge in [-0.05, 0) is 20.0 Å². The number of carbonyl (C=O) groups excluding carboxylic acids is 1. The number of nitrogens with one attached hydrogen (secondary N) is 2. The average molecular weight is 245 g/mol. The molecule has 0 saturated carbocycles. The van der Waals surface area contributed by atoms with E-state index in [1.54, 1.807) is 0 Å². The predicted octanol–water partition coefficient (Wildman–Crippen LogP) is -1.17. The number of hydrogen-bond acceptors (Lipinski definition) is 4. The fourth-order valence-electron chi connectivity index (χ4n) is 1.82. The molecule has 1 unspecified atom stereocenters. The average Bonchev–Trinajstić information content (AvgIpc) is 2.63. The molecule has 1 aliphatic rings. The van der Waals surface area contributed by atoms with Crippen LogP contribution in [0.4, 0.5) is 4.79 Å². The molecule has 7 nitrogen and oxygen atoms in total. The summed E-state index contributed by atoms with van der Waals surface area (Å²) in [5.74, 6) is -1.14. The molecule has 1 rings (SSSR count). The molecule has 4 N–H and O–H groups in total. The Morgan fingerprint density at radius 2 is 2.24 bits per heavy atom. The summed E-state index contributed by atoms with van der Waals surface area (Å²) in [6.07, 6.45) is 0.870. The van der Waals surface area contributed by atoms with Gasteiger partial charge in [-0.2, -0.15) is 0 Å². The van der Waals surface area contributed by atoms with Crippen LogP contribution >= 0.6 is 0 Å². The zero-order valence-corrected chi connectivity index (χ0v) is 9.85. The lowest BCUT2D eigenvalue weighted by Gasteiger charge is -2.17. The fraction of sp³-hybridized carbons (Fsp3) is 0.800. The monoisotopic (exact) mass is 245 g/mol. The molecule has 17 heavy (non-hydrogen) atoms. The molecule has 7 heteroatoms. The zero-order chi connectivity index (χ0) is 12.8. The minimum absolute atomic E-state index is 0.00726. The molecule has 98 valence electrons. The Morgan fingerprint density at radius 1 is 1.53 bits per heavy atom. The molecule has 0 aromatic carbocycles. The quantitative estimate of drug-likeness (QED) is 0.488. The zero-order valence-electron chi connectivity index (χ0n) is 9.85. The molecule has 0 spiro atoms. The molecule has 0 bridgehead atoms. The Kier molecular flexibility index (Phi) is 5.17. The van der Waals surface area contributed by atoms with Crippen LogP contribution in [0.25, 0.3) is 0 Å². The van der Waals surface area contributed by atoms with Crippen molar-refractivity contribution in [3.63, 3.8) is 0 Å². The van der Waals surface area contributed by atoms with E-state index in [0.717, 1.165) is 19.5 Å². The second kappa shape index (κ2) is 6.41. The topological polar surface area (TPSA) is 102 Å². The second-order valence-electron chi connectivity index (χ2n) is 4.27. The van der Waals surface area contributed by atoms with Crippen LogP contribution in [0, 0.1) is 0 Å². The van der Waals surface area contributed by atoms with Gasteiger partial charge in [0.1, 0.15) is 6.04 Å². The number of amides is 2. The number of aliphatic carboxylic acids is 1. The second-order valence-corrected chi connectivity index (χ2v) is 4.27. The highest BCUT2D eigenvalue weighted by molar-refractivity contribution is 5.82. The van der Waals surface area contributed by atoms with Crippen LogP contribution in [0.1, 0.15) is 12.8 Å². The van der Waals surface area contributed by atoms with Crippen LogP contribution in [0.2, 0.25) is 0 Å². The Morgan fingerprint density at radius 3 is 2.71 bits per heavy atom. The number of hydrogen-bond donors (Lipinski definition) is 4. The Labute approximate surface area is 99.8 Å². The molecule has 0 aliphatic carbocycles. The highest BCUT2D eigenvalue weighted by Crippen LogP contribution is 2.05. The van der Waals surface area contributed by atoms with E-state index in [9.17, 15) is 9.59 Å². The van der Waals surface area contributed by atoms with Gasteiger partial charge >= 0.3 is 12.0 Å². The number of nitrogens with zero attached hydrogens (tertiary/aromatic N) is 1. The summed E-state index contributed by atoms with van der Waals surface area (Å²) < 4.78 is 0. The number of rotatable bonds is 5. The van der Waals surface area contributed by atoms with Crippen molar-refractivity contribution in [2.45, 2.75) is 24.9 Å².